The molecular weight excluding hydrogens is 402 g/mol. The minimum absolute atomic E-state index is 0.171. The van der Waals surface area contributed by atoms with Crippen LogP contribution in [0.25, 0.3) is 0 Å². The van der Waals surface area contributed by atoms with Crippen LogP contribution in [0.5, 0.6) is 5.75 Å². The number of carboxylic acid groups (broad SMARTS) is 1. The van der Waals surface area contributed by atoms with Crippen LogP contribution in [-0.4, -0.2) is 40.7 Å². The Morgan fingerprint density at radius 1 is 1.21 bits per heavy atom. The van der Waals surface area contributed by atoms with Gasteiger partial charge in [0, 0.05) is 0 Å². The van der Waals surface area contributed by atoms with Crippen molar-refractivity contribution in [3.8, 4) is 5.75 Å². The van der Waals surface area contributed by atoms with E-state index in [0.717, 1.165) is 11.3 Å². The molecule has 0 atom stereocenters. The molecule has 0 radical (unpaired) electrons. The lowest BCUT2D eigenvalue weighted by atomic mass is 10.2. The summed E-state index contributed by atoms with van der Waals surface area (Å²) in [5.74, 6) is -2.01. The Morgan fingerprint density at radius 2 is 1.89 bits per heavy atom. The number of rotatable bonds is 8. The number of carbonyl (C=O) groups excluding carboxylic acids is 2. The third-order valence-corrected chi connectivity index (χ3v) is 5.46. The third kappa shape index (κ3) is 6.24. The molecule has 1 aromatic heterocycles. The second kappa shape index (κ2) is 10.1. The van der Waals surface area contributed by atoms with E-state index in [1.54, 1.807) is 30.5 Å². The number of benzene rings is 1. The molecule has 10 heteroatoms. The number of anilines is 2. The van der Waals surface area contributed by atoms with Crippen LogP contribution in [0.3, 0.4) is 0 Å². The van der Waals surface area contributed by atoms with Gasteiger partial charge in [-0.05, 0) is 24.3 Å². The van der Waals surface area contributed by atoms with Crippen LogP contribution in [-0.2, 0) is 20.8 Å². The first-order chi connectivity index (χ1) is 13.3. The maximum atomic E-state index is 12.2. The average Bonchev–Trinajstić information content (AvgIpc) is 3.01. The first-order valence-electron chi connectivity index (χ1n) is 8.39. The Balaban J connectivity index is 2.05. The fraction of sp³-hybridized carbons (Fsp3) is 0.333. The summed E-state index contributed by atoms with van der Waals surface area (Å²) in [6.07, 6.45) is 1.53. The summed E-state index contributed by atoms with van der Waals surface area (Å²) in [5.41, 5.74) is 0.743. The standard InChI is InChI=1S/C18H21N3O5S2/c1-10(2)9-26-13-7-5-4-6-11(13)19-15(24)16(25)21-18-20-12(8-14(22)23)17(27-3)28-18/h4-7,10H,8-9H2,1-3H3,(H,19,24)(H,22,23)(H,20,21,25). The van der Waals surface area contributed by atoms with Crippen molar-refractivity contribution in [1.29, 1.82) is 0 Å². The maximum Gasteiger partial charge on any atom is 0.315 e. The van der Waals surface area contributed by atoms with E-state index in [0.29, 0.717) is 33.9 Å². The van der Waals surface area contributed by atoms with Crippen molar-refractivity contribution in [1.82, 2.24) is 4.98 Å². The van der Waals surface area contributed by atoms with E-state index in [1.165, 1.54) is 11.8 Å². The fourth-order valence-electron chi connectivity index (χ4n) is 2.09. The second-order valence-electron chi connectivity index (χ2n) is 6.14. The van der Waals surface area contributed by atoms with Gasteiger partial charge < -0.3 is 15.2 Å². The zero-order chi connectivity index (χ0) is 20.7. The molecule has 3 N–H and O–H groups in total. The number of hydrogen-bond donors (Lipinski definition) is 3. The zero-order valence-electron chi connectivity index (χ0n) is 15.6. The van der Waals surface area contributed by atoms with Crippen LogP contribution in [0.1, 0.15) is 19.5 Å². The van der Waals surface area contributed by atoms with Gasteiger partial charge in [-0.3, -0.25) is 19.7 Å². The van der Waals surface area contributed by atoms with Gasteiger partial charge in [-0.25, -0.2) is 4.98 Å². The highest BCUT2D eigenvalue weighted by Crippen LogP contribution is 2.31. The van der Waals surface area contributed by atoms with Gasteiger partial charge in [0.25, 0.3) is 0 Å². The van der Waals surface area contributed by atoms with E-state index >= 15 is 0 Å². The minimum atomic E-state index is -1.02. The molecule has 1 heterocycles. The fourth-order valence-corrected chi connectivity index (χ4v) is 3.73. The number of carboxylic acids is 1. The highest BCUT2D eigenvalue weighted by atomic mass is 32.2. The quantitative estimate of drug-likeness (QED) is 0.441. The number of thiazole rings is 1. The minimum Gasteiger partial charge on any atom is -0.491 e. The molecule has 0 aliphatic heterocycles. The lowest BCUT2D eigenvalue weighted by Crippen LogP contribution is -2.29. The summed E-state index contributed by atoms with van der Waals surface area (Å²) >= 11 is 2.45. The summed E-state index contributed by atoms with van der Waals surface area (Å²) in [7, 11) is 0. The molecule has 0 bridgehead atoms. The average molecular weight is 424 g/mol. The highest BCUT2D eigenvalue weighted by Gasteiger charge is 2.20. The Kier molecular flexibility index (Phi) is 7.82. The highest BCUT2D eigenvalue weighted by molar-refractivity contribution is 8.00. The second-order valence-corrected chi connectivity index (χ2v) is 8.21. The van der Waals surface area contributed by atoms with Crippen molar-refractivity contribution in [3.05, 3.63) is 30.0 Å². The van der Waals surface area contributed by atoms with Crippen molar-refractivity contribution in [2.24, 2.45) is 5.92 Å². The van der Waals surface area contributed by atoms with Crippen molar-refractivity contribution in [3.63, 3.8) is 0 Å². The van der Waals surface area contributed by atoms with Crippen molar-refractivity contribution >= 4 is 51.7 Å². The van der Waals surface area contributed by atoms with Gasteiger partial charge in [-0.2, -0.15) is 0 Å². The summed E-state index contributed by atoms with van der Waals surface area (Å²) in [6, 6.07) is 6.84. The van der Waals surface area contributed by atoms with Crippen LogP contribution in [0.4, 0.5) is 10.8 Å². The number of thioether (sulfide) groups is 1. The van der Waals surface area contributed by atoms with E-state index in [-0.39, 0.29) is 11.6 Å². The molecular formula is C18H21N3O5S2. The van der Waals surface area contributed by atoms with Gasteiger partial charge in [0.2, 0.25) is 0 Å². The SMILES string of the molecule is CSc1sc(NC(=O)C(=O)Nc2ccccc2OCC(C)C)nc1CC(=O)O. The summed E-state index contributed by atoms with van der Waals surface area (Å²) in [6.45, 7) is 4.48. The van der Waals surface area contributed by atoms with Gasteiger partial charge in [-0.15, -0.1) is 11.8 Å². The van der Waals surface area contributed by atoms with Crippen LogP contribution >= 0.6 is 23.1 Å². The molecule has 0 saturated heterocycles. The van der Waals surface area contributed by atoms with Crippen LogP contribution in [0.15, 0.2) is 28.5 Å². The predicted octanol–water partition coefficient (Wildman–Crippen LogP) is 3.10. The molecule has 28 heavy (non-hydrogen) atoms. The Labute approximate surface area is 170 Å². The molecule has 0 saturated carbocycles. The maximum absolute atomic E-state index is 12.2. The summed E-state index contributed by atoms with van der Waals surface area (Å²) in [4.78, 5) is 39.4. The van der Waals surface area contributed by atoms with Crippen LogP contribution < -0.4 is 15.4 Å². The molecule has 0 spiro atoms. The monoisotopic (exact) mass is 423 g/mol. The van der Waals surface area contributed by atoms with E-state index in [9.17, 15) is 14.4 Å². The topological polar surface area (TPSA) is 118 Å². The first kappa shape index (κ1) is 21.7. The summed E-state index contributed by atoms with van der Waals surface area (Å²) < 4.78 is 6.32. The molecule has 150 valence electrons. The molecule has 2 aromatic rings. The van der Waals surface area contributed by atoms with Gasteiger partial charge in [0.05, 0.1) is 28.6 Å². The molecule has 0 unspecified atom stereocenters. The van der Waals surface area contributed by atoms with Crippen LogP contribution in [0, 0.1) is 5.92 Å². The van der Waals surface area contributed by atoms with Gasteiger partial charge in [0.1, 0.15) is 5.75 Å². The molecule has 2 amide bonds. The lowest BCUT2D eigenvalue weighted by Gasteiger charge is -2.13. The number of carbonyl (C=O) groups is 3. The first-order valence-corrected chi connectivity index (χ1v) is 10.4. The largest absolute Gasteiger partial charge is 0.491 e. The number of aliphatic carboxylic acids is 1. The molecule has 0 aliphatic carbocycles. The van der Waals surface area contributed by atoms with Crippen molar-refractivity contribution in [2.75, 3.05) is 23.5 Å². The zero-order valence-corrected chi connectivity index (χ0v) is 17.3. The Bertz CT molecular complexity index is 867. The van der Waals surface area contributed by atoms with Gasteiger partial charge >= 0.3 is 17.8 Å². The van der Waals surface area contributed by atoms with Gasteiger partial charge in [0.15, 0.2) is 5.13 Å². The van der Waals surface area contributed by atoms with E-state index in [4.69, 9.17) is 9.84 Å². The Morgan fingerprint density at radius 3 is 2.54 bits per heavy atom. The number of aromatic nitrogens is 1. The van der Waals surface area contributed by atoms with E-state index in [1.807, 2.05) is 13.8 Å². The summed E-state index contributed by atoms with van der Waals surface area (Å²) in [5, 5.41) is 14.0. The van der Waals surface area contributed by atoms with E-state index < -0.39 is 17.8 Å². The number of ether oxygens (including phenoxy) is 1. The van der Waals surface area contributed by atoms with Crippen LogP contribution in [0.2, 0.25) is 0 Å². The smallest absolute Gasteiger partial charge is 0.315 e. The number of nitrogens with one attached hydrogen (secondary N) is 2. The molecule has 0 aliphatic rings. The van der Waals surface area contributed by atoms with Crippen molar-refractivity contribution in [2.45, 2.75) is 24.5 Å². The third-order valence-electron chi connectivity index (χ3n) is 3.30. The Hall–Kier alpha value is -2.59. The molecule has 0 fully saturated rings. The van der Waals surface area contributed by atoms with Gasteiger partial charge in [-0.1, -0.05) is 37.3 Å². The number of hydrogen-bond acceptors (Lipinski definition) is 7. The number of amides is 2. The normalized spacial score (nSPS) is 10.6. The molecule has 2 rings (SSSR count). The molecule has 1 aromatic carbocycles. The number of para-hydroxylation sites is 2. The van der Waals surface area contributed by atoms with E-state index in [2.05, 4.69) is 15.6 Å². The predicted molar refractivity (Wildman–Crippen MR) is 109 cm³/mol. The molecule has 8 nitrogen and oxygen atoms in total. The van der Waals surface area contributed by atoms with Crippen molar-refractivity contribution < 1.29 is 24.2 Å². The lowest BCUT2D eigenvalue weighted by molar-refractivity contribution is -0.136. The number of nitrogens with zero attached hydrogens (tertiary/aromatic N) is 1.